The van der Waals surface area contributed by atoms with E-state index in [-0.39, 0.29) is 11.7 Å². The topological polar surface area (TPSA) is 23.8 Å². The normalized spacial score (nSPS) is 18.2. The zero-order valence-corrected chi connectivity index (χ0v) is 10.7. The van der Waals surface area contributed by atoms with Gasteiger partial charge in [-0.3, -0.25) is 0 Å². The molecule has 0 bridgehead atoms. The maximum absolute atomic E-state index is 13.3. The van der Waals surface area contributed by atoms with Crippen LogP contribution in [0.5, 0.6) is 0 Å². The highest BCUT2D eigenvalue weighted by atomic mass is 19.1. The summed E-state index contributed by atoms with van der Waals surface area (Å²) in [5.74, 6) is 0.730. The quantitative estimate of drug-likeness (QED) is 0.748. The second-order valence-electron chi connectivity index (χ2n) is 5.35. The molecule has 0 radical (unpaired) electrons. The fraction of sp³-hybridized carbons (Fsp3) is 0.562. The molecule has 2 rings (SSSR count). The first-order valence-corrected chi connectivity index (χ1v) is 6.92. The van der Waals surface area contributed by atoms with E-state index < -0.39 is 0 Å². The van der Waals surface area contributed by atoms with Crippen molar-refractivity contribution >= 4 is 0 Å². The number of hydrogen-bond donors (Lipinski definition) is 0. The van der Waals surface area contributed by atoms with Crippen LogP contribution in [0.25, 0.3) is 0 Å². The van der Waals surface area contributed by atoms with Gasteiger partial charge in [0.2, 0.25) is 0 Å². The van der Waals surface area contributed by atoms with E-state index in [1.54, 1.807) is 12.1 Å². The Kier molecular flexibility index (Phi) is 4.75. The van der Waals surface area contributed by atoms with E-state index in [4.69, 9.17) is 5.26 Å². The number of benzene rings is 1. The standard InChI is InChI=1S/C16H20FN/c17-16-8-4-7-14(12-16)15(9-10-18)11-13-5-2-1-3-6-13/h4,7-8,12-13,15H,1-3,5-6,9,11H2. The fourth-order valence-corrected chi connectivity index (χ4v) is 3.03. The van der Waals surface area contributed by atoms with Crippen LogP contribution in [0.4, 0.5) is 4.39 Å². The molecule has 1 nitrogen and oxygen atoms in total. The van der Waals surface area contributed by atoms with Gasteiger partial charge >= 0.3 is 0 Å². The van der Waals surface area contributed by atoms with Crippen molar-refractivity contribution in [1.82, 2.24) is 0 Å². The summed E-state index contributed by atoms with van der Waals surface area (Å²) in [6, 6.07) is 9.01. The van der Waals surface area contributed by atoms with E-state index in [2.05, 4.69) is 6.07 Å². The van der Waals surface area contributed by atoms with E-state index >= 15 is 0 Å². The number of nitrogens with zero attached hydrogens (tertiary/aromatic N) is 1. The second-order valence-corrected chi connectivity index (χ2v) is 5.35. The van der Waals surface area contributed by atoms with Gasteiger partial charge in [-0.1, -0.05) is 44.2 Å². The molecule has 0 heterocycles. The van der Waals surface area contributed by atoms with Gasteiger partial charge in [0.1, 0.15) is 5.82 Å². The predicted octanol–water partition coefficient (Wildman–Crippen LogP) is 4.79. The van der Waals surface area contributed by atoms with Crippen molar-refractivity contribution in [2.45, 2.75) is 50.9 Å². The molecule has 96 valence electrons. The molecule has 0 N–H and O–H groups in total. The highest BCUT2D eigenvalue weighted by Crippen LogP contribution is 2.34. The van der Waals surface area contributed by atoms with E-state index in [1.165, 1.54) is 38.2 Å². The number of hydrogen-bond acceptors (Lipinski definition) is 1. The van der Waals surface area contributed by atoms with Gasteiger partial charge in [0.05, 0.1) is 6.07 Å². The Morgan fingerprint density at radius 1 is 1.28 bits per heavy atom. The van der Waals surface area contributed by atoms with Gasteiger partial charge in [0.25, 0.3) is 0 Å². The van der Waals surface area contributed by atoms with Crippen molar-refractivity contribution in [2.24, 2.45) is 5.92 Å². The molecule has 2 heteroatoms. The summed E-state index contributed by atoms with van der Waals surface area (Å²) in [7, 11) is 0. The third-order valence-corrected chi connectivity index (χ3v) is 4.00. The van der Waals surface area contributed by atoms with Crippen LogP contribution in [-0.2, 0) is 0 Å². The van der Waals surface area contributed by atoms with Gasteiger partial charge in [0, 0.05) is 6.42 Å². The Balaban J connectivity index is 2.05. The average Bonchev–Trinajstić information content (AvgIpc) is 2.39. The smallest absolute Gasteiger partial charge is 0.123 e. The monoisotopic (exact) mass is 245 g/mol. The van der Waals surface area contributed by atoms with Crippen molar-refractivity contribution < 1.29 is 4.39 Å². The summed E-state index contributed by atoms with van der Waals surface area (Å²) < 4.78 is 13.3. The Morgan fingerprint density at radius 2 is 2.06 bits per heavy atom. The molecular weight excluding hydrogens is 225 g/mol. The van der Waals surface area contributed by atoms with Gasteiger partial charge in [-0.25, -0.2) is 4.39 Å². The summed E-state index contributed by atoms with van der Waals surface area (Å²) in [4.78, 5) is 0. The van der Waals surface area contributed by atoms with Gasteiger partial charge in [0.15, 0.2) is 0 Å². The molecule has 1 atom stereocenters. The van der Waals surface area contributed by atoms with Crippen molar-refractivity contribution in [3.63, 3.8) is 0 Å². The van der Waals surface area contributed by atoms with Crippen LogP contribution in [0.3, 0.4) is 0 Å². The number of halogens is 1. The molecule has 1 fully saturated rings. The molecule has 0 aromatic heterocycles. The van der Waals surface area contributed by atoms with Crippen LogP contribution in [0.2, 0.25) is 0 Å². The molecule has 0 saturated heterocycles. The fourth-order valence-electron chi connectivity index (χ4n) is 3.03. The number of nitriles is 1. The second kappa shape index (κ2) is 6.54. The molecule has 1 aliphatic carbocycles. The maximum atomic E-state index is 13.3. The predicted molar refractivity (Wildman–Crippen MR) is 70.6 cm³/mol. The average molecular weight is 245 g/mol. The Labute approximate surface area is 109 Å². The minimum atomic E-state index is -0.195. The van der Waals surface area contributed by atoms with Crippen LogP contribution < -0.4 is 0 Å². The van der Waals surface area contributed by atoms with Crippen molar-refractivity contribution in [3.8, 4) is 6.07 Å². The summed E-state index contributed by atoms with van der Waals surface area (Å²) in [5.41, 5.74) is 0.988. The minimum Gasteiger partial charge on any atom is -0.207 e. The zero-order chi connectivity index (χ0) is 12.8. The highest BCUT2D eigenvalue weighted by Gasteiger charge is 2.20. The lowest BCUT2D eigenvalue weighted by molar-refractivity contribution is 0.318. The first-order chi connectivity index (χ1) is 8.79. The lowest BCUT2D eigenvalue weighted by Crippen LogP contribution is -2.11. The highest BCUT2D eigenvalue weighted by molar-refractivity contribution is 5.21. The molecule has 1 aliphatic rings. The van der Waals surface area contributed by atoms with Crippen LogP contribution in [0.15, 0.2) is 24.3 Å². The first kappa shape index (κ1) is 13.1. The molecule has 1 aromatic rings. The number of rotatable bonds is 4. The van der Waals surface area contributed by atoms with Crippen molar-refractivity contribution in [2.75, 3.05) is 0 Å². The summed E-state index contributed by atoms with van der Waals surface area (Å²) in [6.45, 7) is 0. The van der Waals surface area contributed by atoms with E-state index in [0.29, 0.717) is 6.42 Å². The Morgan fingerprint density at radius 3 is 2.72 bits per heavy atom. The van der Waals surface area contributed by atoms with Gasteiger partial charge < -0.3 is 0 Å². The van der Waals surface area contributed by atoms with Crippen LogP contribution in [0.1, 0.15) is 56.4 Å². The van der Waals surface area contributed by atoms with Gasteiger partial charge in [-0.05, 0) is 36.0 Å². The molecule has 1 aromatic carbocycles. The first-order valence-electron chi connectivity index (χ1n) is 6.92. The van der Waals surface area contributed by atoms with E-state index in [1.807, 2.05) is 6.07 Å². The molecule has 1 saturated carbocycles. The molecule has 18 heavy (non-hydrogen) atoms. The third kappa shape index (κ3) is 3.57. The third-order valence-electron chi connectivity index (χ3n) is 4.00. The Bertz CT molecular complexity index is 415. The minimum absolute atomic E-state index is 0.195. The van der Waals surface area contributed by atoms with Gasteiger partial charge in [-0.2, -0.15) is 5.26 Å². The van der Waals surface area contributed by atoms with E-state index in [9.17, 15) is 4.39 Å². The molecule has 0 spiro atoms. The molecule has 0 amide bonds. The SMILES string of the molecule is N#CCC(CC1CCCCC1)c1cccc(F)c1. The lowest BCUT2D eigenvalue weighted by Gasteiger charge is -2.25. The zero-order valence-electron chi connectivity index (χ0n) is 10.7. The van der Waals surface area contributed by atoms with E-state index in [0.717, 1.165) is 17.9 Å². The largest absolute Gasteiger partial charge is 0.207 e. The van der Waals surface area contributed by atoms with Crippen LogP contribution in [0, 0.1) is 23.1 Å². The van der Waals surface area contributed by atoms with Gasteiger partial charge in [-0.15, -0.1) is 0 Å². The summed E-state index contributed by atoms with van der Waals surface area (Å²) in [6.07, 6.45) is 8.06. The van der Waals surface area contributed by atoms with Crippen LogP contribution >= 0.6 is 0 Å². The maximum Gasteiger partial charge on any atom is 0.123 e. The summed E-state index contributed by atoms with van der Waals surface area (Å²) >= 11 is 0. The Hall–Kier alpha value is -1.36. The summed E-state index contributed by atoms with van der Waals surface area (Å²) in [5, 5.41) is 8.95. The van der Waals surface area contributed by atoms with Crippen molar-refractivity contribution in [3.05, 3.63) is 35.6 Å². The lowest BCUT2D eigenvalue weighted by atomic mass is 9.79. The molecule has 0 aliphatic heterocycles. The molecular formula is C16H20FN. The van der Waals surface area contributed by atoms with Crippen LogP contribution in [-0.4, -0.2) is 0 Å². The molecule has 1 unspecified atom stereocenters. The van der Waals surface area contributed by atoms with Crippen molar-refractivity contribution in [1.29, 1.82) is 5.26 Å².